The molecule has 3 rings (SSSR count). The second-order valence-corrected chi connectivity index (χ2v) is 6.90. The zero-order chi connectivity index (χ0) is 18.0. The van der Waals surface area contributed by atoms with Crippen LogP contribution in [0.1, 0.15) is 40.3 Å². The molecule has 0 fully saturated rings. The van der Waals surface area contributed by atoms with E-state index in [1.165, 1.54) is 17.3 Å². The molecular weight excluding hydrogens is 334 g/mol. The molecule has 7 heteroatoms. The van der Waals surface area contributed by atoms with Crippen LogP contribution in [0.4, 0.5) is 5.95 Å². The van der Waals surface area contributed by atoms with E-state index < -0.39 is 0 Å². The SMILES string of the molecule is Cc1cc(C(=O)CSc2n[nH]c(N)n2)c(C)n1[C@@H](C)c1ccccc1. The summed E-state index contributed by atoms with van der Waals surface area (Å²) >= 11 is 1.28. The lowest BCUT2D eigenvalue weighted by atomic mass is 10.1. The van der Waals surface area contributed by atoms with E-state index in [0.29, 0.717) is 5.16 Å². The maximum absolute atomic E-state index is 12.6. The minimum atomic E-state index is 0.0629. The molecule has 130 valence electrons. The van der Waals surface area contributed by atoms with Crippen LogP contribution in [0, 0.1) is 13.8 Å². The molecule has 1 atom stereocenters. The molecule has 3 aromatic rings. The quantitative estimate of drug-likeness (QED) is 0.522. The van der Waals surface area contributed by atoms with Crippen LogP contribution in [-0.4, -0.2) is 31.3 Å². The fourth-order valence-corrected chi connectivity index (χ4v) is 3.76. The van der Waals surface area contributed by atoms with E-state index in [1.807, 2.05) is 38.1 Å². The number of rotatable bonds is 6. The predicted molar refractivity (Wildman–Crippen MR) is 100 cm³/mol. The van der Waals surface area contributed by atoms with Crippen LogP contribution in [0.3, 0.4) is 0 Å². The summed E-state index contributed by atoms with van der Waals surface area (Å²) in [7, 11) is 0. The van der Waals surface area contributed by atoms with Gasteiger partial charge >= 0.3 is 0 Å². The number of hydrogen-bond donors (Lipinski definition) is 2. The number of ketones is 1. The molecule has 2 heterocycles. The number of aromatic amines is 1. The average Bonchev–Trinajstić information content (AvgIpc) is 3.16. The van der Waals surface area contributed by atoms with Crippen molar-refractivity contribution in [3.8, 4) is 0 Å². The fourth-order valence-electron chi connectivity index (χ4n) is 3.07. The Morgan fingerprint density at radius 1 is 1.32 bits per heavy atom. The molecule has 0 aliphatic rings. The molecule has 3 N–H and O–H groups in total. The van der Waals surface area contributed by atoms with Gasteiger partial charge in [0, 0.05) is 17.0 Å². The van der Waals surface area contributed by atoms with Gasteiger partial charge in [0.2, 0.25) is 11.1 Å². The Kier molecular flexibility index (Phi) is 4.94. The molecule has 0 aliphatic carbocycles. The Balaban J connectivity index is 1.80. The minimum Gasteiger partial charge on any atom is -0.368 e. The van der Waals surface area contributed by atoms with Crippen molar-refractivity contribution in [1.29, 1.82) is 0 Å². The Hall–Kier alpha value is -2.54. The topological polar surface area (TPSA) is 89.6 Å². The van der Waals surface area contributed by atoms with Gasteiger partial charge in [-0.05, 0) is 32.4 Å². The summed E-state index contributed by atoms with van der Waals surface area (Å²) in [5.41, 5.74) is 9.52. The maximum Gasteiger partial charge on any atom is 0.216 e. The van der Waals surface area contributed by atoms with Crippen molar-refractivity contribution in [1.82, 2.24) is 19.7 Å². The van der Waals surface area contributed by atoms with Crippen LogP contribution in [0.2, 0.25) is 0 Å². The van der Waals surface area contributed by atoms with E-state index in [1.54, 1.807) is 0 Å². The van der Waals surface area contributed by atoms with Crippen molar-refractivity contribution in [2.24, 2.45) is 0 Å². The maximum atomic E-state index is 12.6. The third-order valence-electron chi connectivity index (χ3n) is 4.27. The molecule has 0 unspecified atom stereocenters. The van der Waals surface area contributed by atoms with Crippen molar-refractivity contribution in [2.45, 2.75) is 32.0 Å². The zero-order valence-corrected chi connectivity index (χ0v) is 15.3. The molecule has 25 heavy (non-hydrogen) atoms. The third kappa shape index (κ3) is 3.61. The standard InChI is InChI=1S/C18H21N5OS/c1-11-9-15(16(24)10-25-18-20-17(19)21-22-18)13(3)23(11)12(2)14-7-5-4-6-8-14/h4-9,12H,10H2,1-3H3,(H3,19,20,21,22)/t12-/m0/s1. The van der Waals surface area contributed by atoms with Gasteiger partial charge in [-0.15, -0.1) is 5.10 Å². The number of H-pyrrole nitrogens is 1. The van der Waals surface area contributed by atoms with Crippen molar-refractivity contribution in [3.05, 3.63) is 58.9 Å². The van der Waals surface area contributed by atoms with E-state index in [2.05, 4.69) is 38.8 Å². The van der Waals surface area contributed by atoms with Gasteiger partial charge < -0.3 is 10.3 Å². The first-order chi connectivity index (χ1) is 12.0. The number of anilines is 1. The molecule has 0 saturated heterocycles. The second-order valence-electron chi connectivity index (χ2n) is 5.96. The second kappa shape index (κ2) is 7.14. The highest BCUT2D eigenvalue weighted by Crippen LogP contribution is 2.26. The van der Waals surface area contributed by atoms with E-state index in [0.717, 1.165) is 17.0 Å². The molecule has 1 aromatic carbocycles. The Morgan fingerprint density at radius 2 is 2.04 bits per heavy atom. The molecule has 0 spiro atoms. The first-order valence-electron chi connectivity index (χ1n) is 8.04. The van der Waals surface area contributed by atoms with Crippen LogP contribution < -0.4 is 5.73 Å². The third-order valence-corrected chi connectivity index (χ3v) is 5.12. The van der Waals surface area contributed by atoms with Gasteiger partial charge in [-0.3, -0.25) is 4.79 Å². The number of hydrogen-bond acceptors (Lipinski definition) is 5. The number of nitrogens with two attached hydrogens (primary N) is 1. The van der Waals surface area contributed by atoms with E-state index >= 15 is 0 Å². The molecule has 0 amide bonds. The van der Waals surface area contributed by atoms with E-state index in [-0.39, 0.29) is 23.5 Å². The number of nitrogens with zero attached hydrogens (tertiary/aromatic N) is 3. The number of nitrogen functional groups attached to an aromatic ring is 1. The van der Waals surface area contributed by atoms with Gasteiger partial charge in [0.1, 0.15) is 0 Å². The minimum absolute atomic E-state index is 0.0629. The van der Waals surface area contributed by atoms with Crippen LogP contribution in [0.15, 0.2) is 41.6 Å². The smallest absolute Gasteiger partial charge is 0.216 e. The van der Waals surface area contributed by atoms with Crippen LogP contribution >= 0.6 is 11.8 Å². The largest absolute Gasteiger partial charge is 0.368 e. The molecule has 2 aromatic heterocycles. The lowest BCUT2D eigenvalue weighted by Gasteiger charge is -2.19. The molecular formula is C18H21N5OS. The Bertz CT molecular complexity index is 884. The summed E-state index contributed by atoms with van der Waals surface area (Å²) in [6, 6.07) is 12.4. The number of aromatic nitrogens is 4. The van der Waals surface area contributed by atoms with Gasteiger partial charge in [-0.25, -0.2) is 5.10 Å². The average molecular weight is 355 g/mol. The van der Waals surface area contributed by atoms with Crippen LogP contribution in [-0.2, 0) is 0 Å². The van der Waals surface area contributed by atoms with Gasteiger partial charge in [0.15, 0.2) is 5.78 Å². The lowest BCUT2D eigenvalue weighted by molar-refractivity contribution is 0.102. The highest BCUT2D eigenvalue weighted by molar-refractivity contribution is 7.99. The Labute approximate surface area is 150 Å². The van der Waals surface area contributed by atoms with Gasteiger partial charge in [0.05, 0.1) is 11.8 Å². The van der Waals surface area contributed by atoms with E-state index in [9.17, 15) is 4.79 Å². The number of Topliss-reactive ketones (excluding diaryl/α,β-unsaturated/α-hetero) is 1. The predicted octanol–water partition coefficient (Wildman–Crippen LogP) is 3.39. The van der Waals surface area contributed by atoms with E-state index in [4.69, 9.17) is 5.73 Å². The number of carbonyl (C=O) groups is 1. The first kappa shape index (κ1) is 17.3. The molecule has 0 saturated carbocycles. The van der Waals surface area contributed by atoms with Crippen LogP contribution in [0.5, 0.6) is 0 Å². The summed E-state index contributed by atoms with van der Waals surface area (Å²) in [5, 5.41) is 6.99. The molecule has 0 radical (unpaired) electrons. The molecule has 0 aliphatic heterocycles. The first-order valence-corrected chi connectivity index (χ1v) is 9.03. The van der Waals surface area contributed by atoms with Gasteiger partial charge in [-0.1, -0.05) is 42.1 Å². The number of benzene rings is 1. The monoisotopic (exact) mass is 355 g/mol. The van der Waals surface area contributed by atoms with Crippen molar-refractivity contribution >= 4 is 23.5 Å². The highest BCUT2D eigenvalue weighted by atomic mass is 32.2. The normalized spacial score (nSPS) is 12.3. The van der Waals surface area contributed by atoms with Crippen molar-refractivity contribution in [2.75, 3.05) is 11.5 Å². The lowest BCUT2D eigenvalue weighted by Crippen LogP contribution is -2.11. The number of nitrogens with one attached hydrogen (secondary N) is 1. The molecule has 0 bridgehead atoms. The summed E-state index contributed by atoms with van der Waals surface area (Å²) in [4.78, 5) is 16.6. The Morgan fingerprint density at radius 3 is 2.68 bits per heavy atom. The summed E-state index contributed by atoms with van der Waals surface area (Å²) in [6.45, 7) is 6.18. The van der Waals surface area contributed by atoms with Gasteiger partial charge in [-0.2, -0.15) is 4.98 Å². The number of thioether (sulfide) groups is 1. The van der Waals surface area contributed by atoms with Crippen molar-refractivity contribution in [3.63, 3.8) is 0 Å². The number of aryl methyl sites for hydroxylation is 1. The number of carbonyl (C=O) groups excluding carboxylic acids is 1. The summed E-state index contributed by atoms with van der Waals surface area (Å²) in [5.74, 6) is 0.596. The van der Waals surface area contributed by atoms with Gasteiger partial charge in [0.25, 0.3) is 0 Å². The van der Waals surface area contributed by atoms with Crippen molar-refractivity contribution < 1.29 is 4.79 Å². The fraction of sp³-hybridized carbons (Fsp3) is 0.278. The zero-order valence-electron chi connectivity index (χ0n) is 14.5. The highest BCUT2D eigenvalue weighted by Gasteiger charge is 2.20. The van der Waals surface area contributed by atoms with Crippen LogP contribution in [0.25, 0.3) is 0 Å². The summed E-state index contributed by atoms with van der Waals surface area (Å²) in [6.07, 6.45) is 0. The summed E-state index contributed by atoms with van der Waals surface area (Å²) < 4.78 is 2.21. The molecule has 6 nitrogen and oxygen atoms in total.